The number of aliphatic hydroxyl groups excluding tert-OH is 1. The summed E-state index contributed by atoms with van der Waals surface area (Å²) in [5, 5.41) is 21.3. The molecule has 0 saturated carbocycles. The van der Waals surface area contributed by atoms with Crippen LogP contribution in [0.4, 0.5) is 0 Å². The van der Waals surface area contributed by atoms with Crippen molar-refractivity contribution in [3.8, 4) is 0 Å². The SMILES string of the molecule is CCCCC/C=C\C/C=C\C/C=C\C/C=C\CCCCCCCC(=O)OCC(O)COP(=O)(O)OCC(NC(=O)CCCC)C(=O)O. The minimum Gasteiger partial charge on any atom is -0.480 e. The number of allylic oxidation sites excluding steroid dienone is 8. The van der Waals surface area contributed by atoms with Gasteiger partial charge in [0.25, 0.3) is 0 Å². The quantitative estimate of drug-likeness (QED) is 0.0248. The van der Waals surface area contributed by atoms with Crippen LogP contribution in [0.15, 0.2) is 48.6 Å². The van der Waals surface area contributed by atoms with Crippen molar-refractivity contribution < 1.29 is 47.8 Å². The third-order valence-corrected chi connectivity index (χ3v) is 7.82. The molecule has 0 aliphatic carbocycles. The fourth-order valence-corrected chi connectivity index (χ4v) is 4.87. The minimum atomic E-state index is -4.73. The fraction of sp³-hybridized carbons (Fsp3) is 0.686. The molecule has 0 saturated heterocycles. The molecule has 0 aliphatic heterocycles. The zero-order chi connectivity index (χ0) is 35.0. The lowest BCUT2D eigenvalue weighted by atomic mass is 10.1. The molecule has 0 aromatic heterocycles. The number of carbonyl (C=O) groups is 3. The van der Waals surface area contributed by atoms with E-state index in [1.54, 1.807) is 0 Å². The van der Waals surface area contributed by atoms with Crippen molar-refractivity contribution >= 4 is 25.7 Å². The topological polar surface area (TPSA) is 169 Å². The first-order valence-electron chi connectivity index (χ1n) is 17.2. The third kappa shape index (κ3) is 30.5. The Morgan fingerprint density at radius 1 is 0.681 bits per heavy atom. The lowest BCUT2D eigenvalue weighted by molar-refractivity contribution is -0.147. The second-order valence-corrected chi connectivity index (χ2v) is 12.8. The summed E-state index contributed by atoms with van der Waals surface area (Å²) in [6, 6.07) is -1.54. The van der Waals surface area contributed by atoms with Gasteiger partial charge in [-0.3, -0.25) is 18.6 Å². The van der Waals surface area contributed by atoms with Crippen molar-refractivity contribution in [3.05, 3.63) is 48.6 Å². The van der Waals surface area contributed by atoms with E-state index in [1.807, 2.05) is 6.92 Å². The maximum Gasteiger partial charge on any atom is 0.472 e. The van der Waals surface area contributed by atoms with Crippen molar-refractivity contribution in [2.75, 3.05) is 19.8 Å². The Morgan fingerprint density at radius 2 is 1.19 bits per heavy atom. The maximum absolute atomic E-state index is 12.0. The van der Waals surface area contributed by atoms with Crippen LogP contribution in [0.5, 0.6) is 0 Å². The summed E-state index contributed by atoms with van der Waals surface area (Å²) in [5.41, 5.74) is 0. The number of aliphatic hydroxyl groups is 1. The van der Waals surface area contributed by atoms with E-state index < -0.39 is 57.6 Å². The number of rotatable bonds is 31. The number of ether oxygens (including phenoxy) is 1. The number of amides is 1. The number of carboxylic acid groups (broad SMARTS) is 1. The molecule has 12 heteroatoms. The van der Waals surface area contributed by atoms with Crippen LogP contribution < -0.4 is 5.32 Å². The van der Waals surface area contributed by atoms with Crippen molar-refractivity contribution in [1.82, 2.24) is 5.32 Å². The first-order chi connectivity index (χ1) is 22.6. The van der Waals surface area contributed by atoms with Crippen LogP contribution in [0.3, 0.4) is 0 Å². The first-order valence-corrected chi connectivity index (χ1v) is 18.7. The molecule has 4 N–H and O–H groups in total. The Hall–Kier alpha value is -2.56. The number of unbranched alkanes of at least 4 members (excludes halogenated alkanes) is 9. The second kappa shape index (κ2) is 30.8. The Bertz CT molecular complexity index is 995. The molecule has 0 aliphatic rings. The highest BCUT2D eigenvalue weighted by Crippen LogP contribution is 2.43. The molecule has 0 aromatic carbocycles. The molecule has 1 amide bonds. The van der Waals surface area contributed by atoms with E-state index in [4.69, 9.17) is 4.74 Å². The van der Waals surface area contributed by atoms with Crippen molar-refractivity contribution in [1.29, 1.82) is 0 Å². The molecule has 47 heavy (non-hydrogen) atoms. The molecule has 0 spiro atoms. The number of nitrogens with one attached hydrogen (secondary N) is 1. The summed E-state index contributed by atoms with van der Waals surface area (Å²) in [6.07, 6.45) is 31.6. The Morgan fingerprint density at radius 3 is 1.77 bits per heavy atom. The number of hydrogen-bond donors (Lipinski definition) is 4. The predicted molar refractivity (Wildman–Crippen MR) is 185 cm³/mol. The average Bonchev–Trinajstić information content (AvgIpc) is 3.04. The molecule has 270 valence electrons. The van der Waals surface area contributed by atoms with Crippen LogP contribution in [0.2, 0.25) is 0 Å². The number of carbonyl (C=O) groups excluding carboxylic acids is 2. The van der Waals surface area contributed by atoms with Crippen LogP contribution in [-0.2, 0) is 32.7 Å². The van der Waals surface area contributed by atoms with E-state index in [1.165, 1.54) is 25.7 Å². The van der Waals surface area contributed by atoms with Crippen molar-refractivity contribution in [3.63, 3.8) is 0 Å². The van der Waals surface area contributed by atoms with Gasteiger partial charge in [-0.15, -0.1) is 0 Å². The van der Waals surface area contributed by atoms with Crippen LogP contribution in [0.1, 0.15) is 123 Å². The lowest BCUT2D eigenvalue weighted by Gasteiger charge is -2.18. The van der Waals surface area contributed by atoms with Crippen LogP contribution >= 0.6 is 7.82 Å². The monoisotopic (exact) mass is 685 g/mol. The fourth-order valence-electron chi connectivity index (χ4n) is 4.10. The highest BCUT2D eigenvalue weighted by atomic mass is 31.2. The lowest BCUT2D eigenvalue weighted by Crippen LogP contribution is -2.43. The van der Waals surface area contributed by atoms with E-state index in [0.29, 0.717) is 12.8 Å². The largest absolute Gasteiger partial charge is 0.480 e. The summed E-state index contributed by atoms with van der Waals surface area (Å²) < 4.78 is 26.3. The van der Waals surface area contributed by atoms with Crippen molar-refractivity contribution in [2.45, 2.75) is 135 Å². The summed E-state index contributed by atoms with van der Waals surface area (Å²) >= 11 is 0. The van der Waals surface area contributed by atoms with E-state index in [-0.39, 0.29) is 12.8 Å². The van der Waals surface area contributed by atoms with Gasteiger partial charge in [-0.25, -0.2) is 9.36 Å². The molecule has 0 fully saturated rings. The third-order valence-electron chi connectivity index (χ3n) is 6.87. The van der Waals surface area contributed by atoms with Gasteiger partial charge in [0.05, 0.1) is 13.2 Å². The number of esters is 1. The van der Waals surface area contributed by atoms with Gasteiger partial charge in [0.15, 0.2) is 6.04 Å². The van der Waals surface area contributed by atoms with Gasteiger partial charge in [0.2, 0.25) is 5.91 Å². The summed E-state index contributed by atoms with van der Waals surface area (Å²) in [5.74, 6) is -2.45. The first kappa shape index (κ1) is 44.4. The second-order valence-electron chi connectivity index (χ2n) is 11.4. The van der Waals surface area contributed by atoms with Crippen LogP contribution in [0, 0.1) is 0 Å². The Kier molecular flexibility index (Phi) is 29.1. The number of phosphoric acid groups is 1. The van der Waals surface area contributed by atoms with Gasteiger partial charge in [-0.1, -0.05) is 101 Å². The van der Waals surface area contributed by atoms with Gasteiger partial charge in [-0.05, 0) is 57.8 Å². The van der Waals surface area contributed by atoms with Crippen LogP contribution in [0.25, 0.3) is 0 Å². The molecule has 0 bridgehead atoms. The number of aliphatic carboxylic acids is 1. The summed E-state index contributed by atoms with van der Waals surface area (Å²) in [4.78, 5) is 44.7. The molecule has 3 unspecified atom stereocenters. The van der Waals surface area contributed by atoms with E-state index >= 15 is 0 Å². The van der Waals surface area contributed by atoms with E-state index in [9.17, 15) is 34.1 Å². The maximum atomic E-state index is 12.0. The zero-order valence-corrected chi connectivity index (χ0v) is 29.5. The zero-order valence-electron chi connectivity index (χ0n) is 28.6. The highest BCUT2D eigenvalue weighted by molar-refractivity contribution is 7.47. The van der Waals surface area contributed by atoms with Gasteiger partial charge >= 0.3 is 19.8 Å². The summed E-state index contributed by atoms with van der Waals surface area (Å²) in [6.45, 7) is 2.18. The van der Waals surface area contributed by atoms with Crippen LogP contribution in [-0.4, -0.2) is 64.9 Å². The highest BCUT2D eigenvalue weighted by Gasteiger charge is 2.28. The molecule has 0 aromatic rings. The smallest absolute Gasteiger partial charge is 0.472 e. The van der Waals surface area contributed by atoms with Crippen molar-refractivity contribution in [2.24, 2.45) is 0 Å². The Balaban J connectivity index is 3.85. The number of hydrogen-bond acceptors (Lipinski definition) is 8. The minimum absolute atomic E-state index is 0.117. The number of carboxylic acids is 1. The van der Waals surface area contributed by atoms with Gasteiger partial charge in [0.1, 0.15) is 12.7 Å². The standard InChI is InChI=1S/C35H60NO10P/c1-3-5-7-8-9-10-11-12-13-14-15-16-17-18-19-20-21-22-23-24-25-27-34(39)44-28-31(37)29-45-47(42,43)46-30-32(35(40)41)36-33(38)26-6-4-2/h9-10,12-13,15-16,18-19,31-32,37H,3-8,11,14,17,20-30H2,1-2H3,(H,36,38)(H,40,41)(H,42,43)/b10-9-,13-12-,16-15-,19-18-. The van der Waals surface area contributed by atoms with Gasteiger partial charge in [-0.2, -0.15) is 0 Å². The average molecular weight is 686 g/mol. The van der Waals surface area contributed by atoms with Gasteiger partial charge in [0, 0.05) is 12.8 Å². The molecule has 0 rings (SSSR count). The normalized spacial score (nSPS) is 14.6. The molecule has 0 heterocycles. The summed E-state index contributed by atoms with van der Waals surface area (Å²) in [7, 11) is -4.73. The molecule has 11 nitrogen and oxygen atoms in total. The molecular weight excluding hydrogens is 625 g/mol. The Labute approximate surface area is 282 Å². The molecule has 0 radical (unpaired) electrons. The van der Waals surface area contributed by atoms with E-state index in [2.05, 4.69) is 69.9 Å². The number of phosphoric ester groups is 1. The predicted octanol–water partition coefficient (Wildman–Crippen LogP) is 7.49. The van der Waals surface area contributed by atoms with Gasteiger partial charge < -0.3 is 25.2 Å². The molecule has 3 atom stereocenters. The van der Waals surface area contributed by atoms with E-state index in [0.717, 1.165) is 57.8 Å². The molecular formula is C35H60NO10P.